The van der Waals surface area contributed by atoms with E-state index in [0.29, 0.717) is 30.5 Å². The molecule has 1 fully saturated rings. The SMILES string of the molecule is Cc1c(C(=O)OC2CCOCC2)cc(Br)cc1S(N)(=O)=O. The van der Waals surface area contributed by atoms with Gasteiger partial charge in [-0.2, -0.15) is 0 Å². The van der Waals surface area contributed by atoms with Gasteiger partial charge in [-0.15, -0.1) is 0 Å². The second kappa shape index (κ2) is 6.43. The van der Waals surface area contributed by atoms with Crippen LogP contribution in [0.2, 0.25) is 0 Å². The molecule has 6 nitrogen and oxygen atoms in total. The summed E-state index contributed by atoms with van der Waals surface area (Å²) in [5.41, 5.74) is 0.484. The van der Waals surface area contributed by atoms with Crippen LogP contribution in [0.25, 0.3) is 0 Å². The maximum absolute atomic E-state index is 12.2. The summed E-state index contributed by atoms with van der Waals surface area (Å²) in [6.45, 7) is 2.64. The van der Waals surface area contributed by atoms with E-state index in [9.17, 15) is 13.2 Å². The van der Waals surface area contributed by atoms with Crippen LogP contribution in [0.15, 0.2) is 21.5 Å². The lowest BCUT2D eigenvalue weighted by Crippen LogP contribution is -2.26. The summed E-state index contributed by atoms with van der Waals surface area (Å²) in [4.78, 5) is 12.2. The molecule has 0 radical (unpaired) electrons. The molecule has 2 rings (SSSR count). The van der Waals surface area contributed by atoms with Crippen LogP contribution in [0.3, 0.4) is 0 Å². The summed E-state index contributed by atoms with van der Waals surface area (Å²) in [5, 5.41) is 5.16. The number of carbonyl (C=O) groups excluding carboxylic acids is 1. The summed E-state index contributed by atoms with van der Waals surface area (Å²) in [5.74, 6) is -0.550. The Balaban J connectivity index is 2.30. The molecular formula is C13H16BrNO5S. The van der Waals surface area contributed by atoms with E-state index in [2.05, 4.69) is 15.9 Å². The minimum atomic E-state index is -3.90. The van der Waals surface area contributed by atoms with Crippen LogP contribution in [0.4, 0.5) is 0 Å². The number of carbonyl (C=O) groups is 1. The summed E-state index contributed by atoms with van der Waals surface area (Å²) in [6, 6.07) is 2.90. The summed E-state index contributed by atoms with van der Waals surface area (Å²) in [6.07, 6.45) is 1.07. The molecule has 0 bridgehead atoms. The van der Waals surface area contributed by atoms with Crippen molar-refractivity contribution in [2.45, 2.75) is 30.8 Å². The van der Waals surface area contributed by atoms with Crippen molar-refractivity contribution in [1.29, 1.82) is 0 Å². The second-order valence-electron chi connectivity index (χ2n) is 4.84. The first-order valence-electron chi connectivity index (χ1n) is 6.40. The smallest absolute Gasteiger partial charge is 0.338 e. The lowest BCUT2D eigenvalue weighted by atomic mass is 10.1. The van der Waals surface area contributed by atoms with E-state index >= 15 is 0 Å². The van der Waals surface area contributed by atoms with Gasteiger partial charge in [0.15, 0.2) is 0 Å². The molecule has 116 valence electrons. The fourth-order valence-electron chi connectivity index (χ4n) is 2.17. The van der Waals surface area contributed by atoms with Gasteiger partial charge >= 0.3 is 5.97 Å². The van der Waals surface area contributed by atoms with Crippen molar-refractivity contribution in [3.63, 3.8) is 0 Å². The molecule has 1 aliphatic heterocycles. The highest BCUT2D eigenvalue weighted by atomic mass is 79.9. The van der Waals surface area contributed by atoms with Gasteiger partial charge in [0, 0.05) is 17.3 Å². The third-order valence-electron chi connectivity index (χ3n) is 3.29. The van der Waals surface area contributed by atoms with Gasteiger partial charge in [-0.3, -0.25) is 0 Å². The van der Waals surface area contributed by atoms with E-state index < -0.39 is 16.0 Å². The van der Waals surface area contributed by atoms with E-state index in [1.807, 2.05) is 0 Å². The first-order chi connectivity index (χ1) is 9.79. The maximum Gasteiger partial charge on any atom is 0.338 e. The number of ether oxygens (including phenoxy) is 2. The minimum Gasteiger partial charge on any atom is -0.459 e. The number of benzene rings is 1. The Morgan fingerprint density at radius 2 is 2.00 bits per heavy atom. The number of halogens is 1. The van der Waals surface area contributed by atoms with Crippen molar-refractivity contribution in [3.8, 4) is 0 Å². The van der Waals surface area contributed by atoms with E-state index in [0.717, 1.165) is 0 Å². The van der Waals surface area contributed by atoms with Gasteiger partial charge in [-0.05, 0) is 24.6 Å². The molecule has 1 aromatic rings. The van der Waals surface area contributed by atoms with Crippen molar-refractivity contribution >= 4 is 31.9 Å². The highest BCUT2D eigenvalue weighted by Gasteiger charge is 2.23. The second-order valence-corrected chi connectivity index (χ2v) is 7.28. The lowest BCUT2D eigenvalue weighted by Gasteiger charge is -2.22. The zero-order valence-electron chi connectivity index (χ0n) is 11.5. The fourth-order valence-corrected chi connectivity index (χ4v) is 3.61. The molecule has 0 unspecified atom stereocenters. The third-order valence-corrected chi connectivity index (χ3v) is 4.79. The molecule has 0 spiro atoms. The number of hydrogen-bond donors (Lipinski definition) is 1. The van der Waals surface area contributed by atoms with Gasteiger partial charge in [0.2, 0.25) is 10.0 Å². The standard InChI is InChI=1S/C13H16BrNO5S/c1-8-11(6-9(14)7-12(8)21(15,17)18)13(16)20-10-2-4-19-5-3-10/h6-7,10H,2-5H2,1H3,(H2,15,17,18). The van der Waals surface area contributed by atoms with Gasteiger partial charge in [-0.25, -0.2) is 18.4 Å². The number of esters is 1. The van der Waals surface area contributed by atoms with Crippen molar-refractivity contribution in [2.24, 2.45) is 5.14 Å². The molecule has 1 aliphatic rings. The third kappa shape index (κ3) is 4.03. The Bertz CT molecular complexity index is 653. The van der Waals surface area contributed by atoms with Gasteiger partial charge in [0.1, 0.15) is 6.10 Å². The summed E-state index contributed by atoms with van der Waals surface area (Å²) < 4.78 is 34.2. The Kier molecular flexibility index (Phi) is 5.03. The maximum atomic E-state index is 12.2. The number of primary sulfonamides is 1. The molecule has 0 aliphatic carbocycles. The van der Waals surface area contributed by atoms with Crippen molar-refractivity contribution in [1.82, 2.24) is 0 Å². The van der Waals surface area contributed by atoms with Gasteiger partial charge in [-0.1, -0.05) is 15.9 Å². The van der Waals surface area contributed by atoms with Crippen molar-refractivity contribution in [3.05, 3.63) is 27.7 Å². The van der Waals surface area contributed by atoms with E-state index in [4.69, 9.17) is 14.6 Å². The number of sulfonamides is 1. The van der Waals surface area contributed by atoms with Crippen LogP contribution in [0.5, 0.6) is 0 Å². The normalized spacial score (nSPS) is 16.7. The lowest BCUT2D eigenvalue weighted by molar-refractivity contribution is -0.0159. The highest BCUT2D eigenvalue weighted by molar-refractivity contribution is 9.10. The first kappa shape index (κ1) is 16.4. The molecular weight excluding hydrogens is 362 g/mol. The van der Waals surface area contributed by atoms with Crippen LogP contribution >= 0.6 is 15.9 Å². The topological polar surface area (TPSA) is 95.7 Å². The Labute approximate surface area is 131 Å². The predicted octanol–water partition coefficient (Wildman–Crippen LogP) is 1.74. The molecule has 0 aromatic heterocycles. The molecule has 21 heavy (non-hydrogen) atoms. The molecule has 1 heterocycles. The molecule has 1 saturated heterocycles. The minimum absolute atomic E-state index is 0.0872. The Hall–Kier alpha value is -0.960. The van der Waals surface area contributed by atoms with Crippen LogP contribution in [0.1, 0.15) is 28.8 Å². The van der Waals surface area contributed by atoms with Crippen LogP contribution < -0.4 is 5.14 Å². The van der Waals surface area contributed by atoms with Gasteiger partial charge < -0.3 is 9.47 Å². The Morgan fingerprint density at radius 1 is 1.38 bits per heavy atom. The number of nitrogens with two attached hydrogens (primary N) is 1. The monoisotopic (exact) mass is 377 g/mol. The molecule has 2 N–H and O–H groups in total. The predicted molar refractivity (Wildman–Crippen MR) is 79.5 cm³/mol. The van der Waals surface area contributed by atoms with Crippen LogP contribution in [0, 0.1) is 6.92 Å². The van der Waals surface area contributed by atoms with Gasteiger partial charge in [0.05, 0.1) is 23.7 Å². The zero-order valence-corrected chi connectivity index (χ0v) is 13.9. The zero-order chi connectivity index (χ0) is 15.6. The molecule has 0 atom stereocenters. The quantitative estimate of drug-likeness (QED) is 0.809. The van der Waals surface area contributed by atoms with Crippen molar-refractivity contribution in [2.75, 3.05) is 13.2 Å². The number of rotatable bonds is 3. The molecule has 0 amide bonds. The van der Waals surface area contributed by atoms with E-state index in [1.165, 1.54) is 19.1 Å². The average Bonchev–Trinajstić information content (AvgIpc) is 2.40. The highest BCUT2D eigenvalue weighted by Crippen LogP contribution is 2.25. The molecule has 0 saturated carbocycles. The van der Waals surface area contributed by atoms with E-state index in [-0.39, 0.29) is 22.1 Å². The van der Waals surface area contributed by atoms with Crippen LogP contribution in [-0.2, 0) is 19.5 Å². The first-order valence-corrected chi connectivity index (χ1v) is 8.74. The van der Waals surface area contributed by atoms with E-state index in [1.54, 1.807) is 0 Å². The van der Waals surface area contributed by atoms with Gasteiger partial charge in [0.25, 0.3) is 0 Å². The summed E-state index contributed by atoms with van der Waals surface area (Å²) in [7, 11) is -3.90. The molecule has 8 heteroatoms. The average molecular weight is 378 g/mol. The van der Waals surface area contributed by atoms with Crippen LogP contribution in [-0.4, -0.2) is 33.7 Å². The Morgan fingerprint density at radius 3 is 2.57 bits per heavy atom. The van der Waals surface area contributed by atoms with Crippen molar-refractivity contribution < 1.29 is 22.7 Å². The fraction of sp³-hybridized carbons (Fsp3) is 0.462. The summed E-state index contributed by atoms with van der Waals surface area (Å²) >= 11 is 3.19. The largest absolute Gasteiger partial charge is 0.459 e. The number of hydrogen-bond acceptors (Lipinski definition) is 5. The molecule has 1 aromatic carbocycles.